The Bertz CT molecular complexity index is 2570. The van der Waals surface area contributed by atoms with Gasteiger partial charge in [-0.2, -0.15) is 0 Å². The molecule has 9 rings (SSSR count). The molecular weight excluding hydrogens is 526 g/mol. The van der Waals surface area contributed by atoms with Crippen molar-refractivity contribution in [1.82, 2.24) is 13.5 Å². The lowest BCUT2D eigenvalue weighted by Gasteiger charge is -2.14. The van der Waals surface area contributed by atoms with Gasteiger partial charge in [-0.3, -0.25) is 9.36 Å². The molecule has 4 nitrogen and oxygen atoms in total. The third-order valence-electron chi connectivity index (χ3n) is 8.63. The molecular formula is C39H25N3O. The van der Waals surface area contributed by atoms with E-state index in [9.17, 15) is 4.79 Å². The minimum absolute atomic E-state index is 0.0267. The monoisotopic (exact) mass is 551 g/mol. The van der Waals surface area contributed by atoms with Crippen LogP contribution in [0, 0.1) is 0 Å². The van der Waals surface area contributed by atoms with Crippen molar-refractivity contribution >= 4 is 49.1 Å². The van der Waals surface area contributed by atoms with Crippen LogP contribution >= 0.6 is 0 Å². The van der Waals surface area contributed by atoms with E-state index in [2.05, 4.69) is 112 Å². The predicted molar refractivity (Wildman–Crippen MR) is 178 cm³/mol. The predicted octanol–water partition coefficient (Wildman–Crippen LogP) is 9.16. The minimum atomic E-state index is -0.0267. The van der Waals surface area contributed by atoms with E-state index in [1.165, 1.54) is 16.3 Å². The Hall–Kier alpha value is -5.87. The summed E-state index contributed by atoms with van der Waals surface area (Å²) in [6.07, 6.45) is 2.13. The quantitative estimate of drug-likeness (QED) is 0.215. The molecule has 0 atom stereocenters. The van der Waals surface area contributed by atoms with Crippen molar-refractivity contribution in [2.24, 2.45) is 0 Å². The summed E-state index contributed by atoms with van der Waals surface area (Å²) in [6.45, 7) is 0. The van der Waals surface area contributed by atoms with Crippen molar-refractivity contribution in [2.45, 2.75) is 0 Å². The number of aromatic nitrogens is 3. The van der Waals surface area contributed by atoms with Crippen molar-refractivity contribution in [3.8, 4) is 22.5 Å². The lowest BCUT2D eigenvalue weighted by Crippen LogP contribution is -2.21. The first-order valence-electron chi connectivity index (χ1n) is 14.5. The summed E-state index contributed by atoms with van der Waals surface area (Å²) in [7, 11) is 0. The Morgan fingerprint density at radius 3 is 1.72 bits per heavy atom. The van der Waals surface area contributed by atoms with Gasteiger partial charge < -0.3 is 8.97 Å². The van der Waals surface area contributed by atoms with Crippen molar-refractivity contribution in [3.05, 3.63) is 162 Å². The van der Waals surface area contributed by atoms with Crippen LogP contribution in [0.15, 0.2) is 157 Å². The van der Waals surface area contributed by atoms with E-state index in [0.717, 1.165) is 50.0 Å². The topological polar surface area (TPSA) is 31.3 Å². The van der Waals surface area contributed by atoms with Gasteiger partial charge in [-0.25, -0.2) is 0 Å². The highest BCUT2D eigenvalue weighted by atomic mass is 16.1. The molecule has 6 aromatic carbocycles. The number of fused-ring (bicyclic) bond motifs is 8. The normalized spacial score (nSPS) is 11.8. The molecule has 9 aromatic rings. The molecule has 0 bridgehead atoms. The zero-order valence-electron chi connectivity index (χ0n) is 23.2. The summed E-state index contributed by atoms with van der Waals surface area (Å²) in [5.41, 5.74) is 8.15. The fourth-order valence-electron chi connectivity index (χ4n) is 6.69. The van der Waals surface area contributed by atoms with Gasteiger partial charge in [-0.15, -0.1) is 0 Å². The second kappa shape index (κ2) is 9.07. The molecule has 0 unspecified atom stereocenters. The third-order valence-corrected chi connectivity index (χ3v) is 8.63. The average molecular weight is 552 g/mol. The standard InChI is InChI=1S/C39H25N3O/c43-39-34-24-27(26-20-22-37-33(23-26)32-17-9-10-18-36(32)41(37)29-12-3-1-4-13-29)19-21-35(34)40-25-28-11-7-8-16-31(28)38(40)42(39)30-14-5-2-6-15-30/h1-25H. The van der Waals surface area contributed by atoms with E-state index in [1.807, 2.05) is 53.1 Å². The van der Waals surface area contributed by atoms with Gasteiger partial charge in [0.1, 0.15) is 5.65 Å². The van der Waals surface area contributed by atoms with E-state index in [4.69, 9.17) is 0 Å². The summed E-state index contributed by atoms with van der Waals surface area (Å²) in [4.78, 5) is 14.4. The molecule has 202 valence electrons. The van der Waals surface area contributed by atoms with Crippen LogP contribution in [0.4, 0.5) is 0 Å². The van der Waals surface area contributed by atoms with Gasteiger partial charge in [0.2, 0.25) is 0 Å². The third kappa shape index (κ3) is 3.47. The molecule has 43 heavy (non-hydrogen) atoms. The number of nitrogens with zero attached hydrogens (tertiary/aromatic N) is 3. The molecule has 0 saturated carbocycles. The Balaban J connectivity index is 1.32. The Labute approximate surface area is 246 Å². The van der Waals surface area contributed by atoms with Crippen LogP contribution in [0.2, 0.25) is 0 Å². The molecule has 0 aliphatic heterocycles. The second-order valence-corrected chi connectivity index (χ2v) is 11.0. The zero-order chi connectivity index (χ0) is 28.5. The maximum absolute atomic E-state index is 14.4. The zero-order valence-corrected chi connectivity index (χ0v) is 23.2. The van der Waals surface area contributed by atoms with Gasteiger partial charge in [0.15, 0.2) is 0 Å². The number of hydrogen-bond donors (Lipinski definition) is 0. The van der Waals surface area contributed by atoms with Crippen molar-refractivity contribution < 1.29 is 0 Å². The van der Waals surface area contributed by atoms with E-state index >= 15 is 0 Å². The van der Waals surface area contributed by atoms with Crippen molar-refractivity contribution in [3.63, 3.8) is 0 Å². The van der Waals surface area contributed by atoms with Gasteiger partial charge in [0, 0.05) is 33.4 Å². The van der Waals surface area contributed by atoms with Gasteiger partial charge >= 0.3 is 0 Å². The molecule has 4 heteroatoms. The summed E-state index contributed by atoms with van der Waals surface area (Å²) in [6, 6.07) is 50.1. The lowest BCUT2D eigenvalue weighted by atomic mass is 10.0. The van der Waals surface area contributed by atoms with E-state index in [0.29, 0.717) is 5.39 Å². The van der Waals surface area contributed by atoms with Crippen molar-refractivity contribution in [2.75, 3.05) is 0 Å². The average Bonchev–Trinajstić information content (AvgIpc) is 3.62. The van der Waals surface area contributed by atoms with Crippen LogP contribution < -0.4 is 5.56 Å². The summed E-state index contributed by atoms with van der Waals surface area (Å²) in [5.74, 6) is 0. The molecule has 0 fully saturated rings. The first kappa shape index (κ1) is 23.8. The molecule has 3 aromatic heterocycles. The number of hydrogen-bond acceptors (Lipinski definition) is 1. The highest BCUT2D eigenvalue weighted by Gasteiger charge is 2.18. The molecule has 0 aliphatic carbocycles. The molecule has 0 amide bonds. The van der Waals surface area contributed by atoms with Gasteiger partial charge in [0.05, 0.1) is 27.6 Å². The minimum Gasteiger partial charge on any atom is -0.309 e. The number of benzene rings is 6. The highest BCUT2D eigenvalue weighted by molar-refractivity contribution is 6.10. The van der Waals surface area contributed by atoms with Crippen LogP contribution in [-0.2, 0) is 0 Å². The summed E-state index contributed by atoms with van der Waals surface area (Å²) in [5, 5.41) is 5.22. The van der Waals surface area contributed by atoms with Crippen LogP contribution in [0.1, 0.15) is 0 Å². The molecule has 0 saturated heterocycles. The van der Waals surface area contributed by atoms with Gasteiger partial charge in [0.25, 0.3) is 5.56 Å². The number of rotatable bonds is 3. The first-order chi connectivity index (χ1) is 21.3. The lowest BCUT2D eigenvalue weighted by molar-refractivity contribution is 1.00. The largest absolute Gasteiger partial charge is 0.309 e. The van der Waals surface area contributed by atoms with Crippen LogP contribution in [0.25, 0.3) is 71.6 Å². The molecule has 0 aliphatic rings. The maximum Gasteiger partial charge on any atom is 0.266 e. The Morgan fingerprint density at radius 2 is 0.977 bits per heavy atom. The van der Waals surface area contributed by atoms with E-state index < -0.39 is 0 Å². The highest BCUT2D eigenvalue weighted by Crippen LogP contribution is 2.36. The van der Waals surface area contributed by atoms with Crippen LogP contribution in [0.5, 0.6) is 0 Å². The fraction of sp³-hybridized carbons (Fsp3) is 0. The van der Waals surface area contributed by atoms with Crippen LogP contribution in [0.3, 0.4) is 0 Å². The van der Waals surface area contributed by atoms with Crippen molar-refractivity contribution in [1.29, 1.82) is 0 Å². The molecule has 3 heterocycles. The second-order valence-electron chi connectivity index (χ2n) is 11.0. The summed E-state index contributed by atoms with van der Waals surface area (Å²) < 4.78 is 6.33. The van der Waals surface area contributed by atoms with E-state index in [1.54, 1.807) is 0 Å². The Kier molecular flexibility index (Phi) is 5.02. The molecule has 0 spiro atoms. The molecule has 0 radical (unpaired) electrons. The smallest absolute Gasteiger partial charge is 0.266 e. The van der Waals surface area contributed by atoms with E-state index in [-0.39, 0.29) is 5.56 Å². The summed E-state index contributed by atoms with van der Waals surface area (Å²) >= 11 is 0. The van der Waals surface area contributed by atoms with Gasteiger partial charge in [-0.1, -0.05) is 91.0 Å². The van der Waals surface area contributed by atoms with Gasteiger partial charge in [-0.05, 0) is 65.7 Å². The fourth-order valence-corrected chi connectivity index (χ4v) is 6.69. The van der Waals surface area contributed by atoms with Crippen LogP contribution in [-0.4, -0.2) is 13.5 Å². The SMILES string of the molecule is O=c1c2cc(-c3ccc4c(c3)c3ccccc3n4-c3ccccc3)ccc2n2cc3ccccc3c2n1-c1ccccc1. The maximum atomic E-state index is 14.4. The molecule has 0 N–H and O–H groups in total. The number of para-hydroxylation sites is 3. The first-order valence-corrected chi connectivity index (χ1v) is 14.5. The Morgan fingerprint density at radius 1 is 0.419 bits per heavy atom.